The van der Waals surface area contributed by atoms with Crippen molar-refractivity contribution in [2.45, 2.75) is 49.6 Å². The number of likely N-dealkylation sites (tertiary alicyclic amines) is 1. The molecule has 8 heteroatoms. The molecule has 1 aliphatic carbocycles. The second-order valence-corrected chi connectivity index (χ2v) is 9.64. The largest absolute Gasteiger partial charge is 0.487 e. The van der Waals surface area contributed by atoms with Gasteiger partial charge in [0.2, 0.25) is 15.9 Å². The summed E-state index contributed by atoms with van der Waals surface area (Å²) >= 11 is 0. The summed E-state index contributed by atoms with van der Waals surface area (Å²) in [4.78, 5) is 14.4. The maximum atomic E-state index is 13.5. The second-order valence-electron chi connectivity index (χ2n) is 7.78. The van der Waals surface area contributed by atoms with E-state index in [1.165, 1.54) is 0 Å². The van der Waals surface area contributed by atoms with Crippen LogP contribution in [0.1, 0.15) is 32.6 Å². The Morgan fingerprint density at radius 1 is 1.18 bits per heavy atom. The number of nitrogens with zero attached hydrogens (tertiary/aromatic N) is 2. The van der Waals surface area contributed by atoms with Crippen LogP contribution in [0.15, 0.2) is 29.2 Å². The van der Waals surface area contributed by atoms with Crippen LogP contribution >= 0.6 is 0 Å². The molecule has 0 radical (unpaired) electrons. The van der Waals surface area contributed by atoms with Gasteiger partial charge in [-0.2, -0.15) is 4.31 Å². The molecule has 1 saturated heterocycles. The highest BCUT2D eigenvalue weighted by Gasteiger charge is 2.45. The van der Waals surface area contributed by atoms with Gasteiger partial charge in [0.1, 0.15) is 23.4 Å². The Morgan fingerprint density at radius 3 is 2.68 bits per heavy atom. The Labute approximate surface area is 166 Å². The van der Waals surface area contributed by atoms with Crippen molar-refractivity contribution in [2.24, 2.45) is 5.92 Å². The van der Waals surface area contributed by atoms with E-state index in [9.17, 15) is 13.2 Å². The van der Waals surface area contributed by atoms with Gasteiger partial charge in [-0.1, -0.05) is 12.1 Å². The number of benzene rings is 1. The Bertz CT molecular complexity index is 824. The van der Waals surface area contributed by atoms with Gasteiger partial charge in [0.25, 0.3) is 0 Å². The van der Waals surface area contributed by atoms with Crippen molar-refractivity contribution in [3.63, 3.8) is 0 Å². The summed E-state index contributed by atoms with van der Waals surface area (Å²) in [6, 6.07) is 6.64. The zero-order chi connectivity index (χ0) is 19.7. The molecule has 0 bridgehead atoms. The monoisotopic (exact) mass is 408 g/mol. The van der Waals surface area contributed by atoms with Crippen molar-refractivity contribution in [2.75, 3.05) is 32.8 Å². The number of hydrogen-bond acceptors (Lipinski definition) is 5. The predicted octanol–water partition coefficient (Wildman–Crippen LogP) is 1.88. The van der Waals surface area contributed by atoms with E-state index in [-0.39, 0.29) is 29.6 Å². The molecule has 1 saturated carbocycles. The van der Waals surface area contributed by atoms with Gasteiger partial charge in [-0.25, -0.2) is 8.42 Å². The number of ether oxygens (including phenoxy) is 2. The molecule has 0 unspecified atom stereocenters. The first-order valence-corrected chi connectivity index (χ1v) is 11.6. The number of para-hydroxylation sites is 1. The zero-order valence-corrected chi connectivity index (χ0v) is 17.1. The fourth-order valence-corrected chi connectivity index (χ4v) is 5.95. The van der Waals surface area contributed by atoms with E-state index in [2.05, 4.69) is 0 Å². The lowest BCUT2D eigenvalue weighted by molar-refractivity contribution is -0.136. The van der Waals surface area contributed by atoms with Gasteiger partial charge in [-0.15, -0.1) is 0 Å². The SMILES string of the molecule is CCOCC(=O)N1CC[C@@H]2Oc3ccccc3S(=O)(=O)N(CC3CC3)[C@H]2CC1. The van der Waals surface area contributed by atoms with E-state index >= 15 is 0 Å². The summed E-state index contributed by atoms with van der Waals surface area (Å²) in [5.41, 5.74) is 0. The number of rotatable bonds is 5. The van der Waals surface area contributed by atoms with Crippen molar-refractivity contribution in [1.29, 1.82) is 0 Å². The minimum absolute atomic E-state index is 0.0460. The molecule has 2 fully saturated rings. The van der Waals surface area contributed by atoms with Gasteiger partial charge in [0, 0.05) is 32.7 Å². The minimum atomic E-state index is -3.63. The molecule has 0 N–H and O–H groups in total. The van der Waals surface area contributed by atoms with Crippen molar-refractivity contribution >= 4 is 15.9 Å². The maximum Gasteiger partial charge on any atom is 0.248 e. The van der Waals surface area contributed by atoms with E-state index in [4.69, 9.17) is 9.47 Å². The molecule has 2 aliphatic heterocycles. The van der Waals surface area contributed by atoms with E-state index < -0.39 is 10.0 Å². The third-order valence-electron chi connectivity index (χ3n) is 5.81. The highest BCUT2D eigenvalue weighted by Crippen LogP contribution is 2.39. The number of sulfonamides is 1. The van der Waals surface area contributed by atoms with Crippen LogP contribution in [-0.4, -0.2) is 68.5 Å². The van der Waals surface area contributed by atoms with E-state index in [0.717, 1.165) is 12.8 Å². The summed E-state index contributed by atoms with van der Waals surface area (Å²) in [6.07, 6.45) is 3.06. The molecule has 1 amide bonds. The Kier molecular flexibility index (Phi) is 5.62. The number of carbonyl (C=O) groups excluding carboxylic acids is 1. The summed E-state index contributed by atoms with van der Waals surface area (Å²) in [5.74, 6) is 0.805. The Balaban J connectivity index is 1.63. The molecule has 7 nitrogen and oxygen atoms in total. The summed E-state index contributed by atoms with van der Waals surface area (Å²) < 4.78 is 40.1. The molecule has 2 atom stereocenters. The number of amides is 1. The van der Waals surface area contributed by atoms with E-state index in [1.807, 2.05) is 6.92 Å². The smallest absolute Gasteiger partial charge is 0.248 e. The molecule has 0 spiro atoms. The van der Waals surface area contributed by atoms with E-state index in [0.29, 0.717) is 50.8 Å². The van der Waals surface area contributed by atoms with Crippen LogP contribution in [0.25, 0.3) is 0 Å². The first-order valence-electron chi connectivity index (χ1n) is 10.1. The van der Waals surface area contributed by atoms with Crippen molar-refractivity contribution in [1.82, 2.24) is 9.21 Å². The van der Waals surface area contributed by atoms with Gasteiger partial charge in [-0.05, 0) is 44.2 Å². The molecular weight excluding hydrogens is 380 g/mol. The normalized spacial score (nSPS) is 27.1. The van der Waals surface area contributed by atoms with Crippen LogP contribution in [0.5, 0.6) is 5.75 Å². The third-order valence-corrected chi connectivity index (χ3v) is 7.74. The second kappa shape index (κ2) is 8.00. The number of carbonyl (C=O) groups is 1. The fraction of sp³-hybridized carbons (Fsp3) is 0.650. The molecule has 3 aliphatic rings. The summed E-state index contributed by atoms with van der Waals surface area (Å²) in [7, 11) is -3.63. The minimum Gasteiger partial charge on any atom is -0.487 e. The molecule has 2 heterocycles. The van der Waals surface area contributed by atoms with Gasteiger partial charge < -0.3 is 14.4 Å². The molecule has 154 valence electrons. The zero-order valence-electron chi connectivity index (χ0n) is 16.2. The van der Waals surface area contributed by atoms with Crippen molar-refractivity contribution in [3.8, 4) is 5.75 Å². The average molecular weight is 409 g/mol. The molecule has 1 aromatic rings. The third kappa shape index (κ3) is 3.90. The highest BCUT2D eigenvalue weighted by molar-refractivity contribution is 7.89. The fourth-order valence-electron chi connectivity index (χ4n) is 4.07. The molecule has 28 heavy (non-hydrogen) atoms. The molecule has 1 aromatic carbocycles. The topological polar surface area (TPSA) is 76.1 Å². The van der Waals surface area contributed by atoms with Crippen molar-refractivity contribution in [3.05, 3.63) is 24.3 Å². The first kappa shape index (κ1) is 19.7. The quantitative estimate of drug-likeness (QED) is 0.744. The van der Waals surface area contributed by atoms with Crippen molar-refractivity contribution < 1.29 is 22.7 Å². The van der Waals surface area contributed by atoms with Gasteiger partial charge in [-0.3, -0.25) is 4.79 Å². The molecule has 4 rings (SSSR count). The highest BCUT2D eigenvalue weighted by atomic mass is 32.2. The van der Waals surface area contributed by atoms with Crippen LogP contribution in [0.4, 0.5) is 0 Å². The maximum absolute atomic E-state index is 13.5. The summed E-state index contributed by atoms with van der Waals surface area (Å²) in [5, 5.41) is 0. The summed E-state index contributed by atoms with van der Waals surface area (Å²) in [6.45, 7) is 4.03. The lowest BCUT2D eigenvalue weighted by Gasteiger charge is -2.31. The lowest BCUT2D eigenvalue weighted by Crippen LogP contribution is -2.48. The lowest BCUT2D eigenvalue weighted by atomic mass is 10.1. The molecular formula is C20H28N2O5S. The van der Waals surface area contributed by atoms with Crippen LogP contribution < -0.4 is 4.74 Å². The van der Waals surface area contributed by atoms with Gasteiger partial charge in [0.05, 0.1) is 6.04 Å². The first-order chi connectivity index (χ1) is 13.5. The number of fused-ring (bicyclic) bond motifs is 2. The average Bonchev–Trinajstić information content (AvgIpc) is 3.52. The standard InChI is InChI=1S/C20H28N2O5S/c1-2-26-14-20(23)21-11-9-16-17(10-12-21)27-18-5-3-4-6-19(18)28(24,25)22(16)13-15-7-8-15/h3-6,15-17H,2,7-14H2,1H3/t16-,17-/m0/s1. The Morgan fingerprint density at radius 2 is 1.93 bits per heavy atom. The van der Waals surface area contributed by atoms with Crippen LogP contribution in [0, 0.1) is 5.92 Å². The van der Waals surface area contributed by atoms with Crippen LogP contribution in [-0.2, 0) is 19.6 Å². The van der Waals surface area contributed by atoms with Gasteiger partial charge >= 0.3 is 0 Å². The Hall–Kier alpha value is -1.64. The van der Waals surface area contributed by atoms with Crippen LogP contribution in [0.2, 0.25) is 0 Å². The predicted molar refractivity (Wildman–Crippen MR) is 104 cm³/mol. The van der Waals surface area contributed by atoms with Crippen LogP contribution in [0.3, 0.4) is 0 Å². The number of hydrogen-bond donors (Lipinski definition) is 0. The van der Waals surface area contributed by atoms with Gasteiger partial charge in [0.15, 0.2) is 0 Å². The molecule has 0 aromatic heterocycles. The van der Waals surface area contributed by atoms with E-state index in [1.54, 1.807) is 33.5 Å².